The third-order valence-electron chi connectivity index (χ3n) is 4.48. The Morgan fingerprint density at radius 3 is 2.47 bits per heavy atom. The van der Waals surface area contributed by atoms with Crippen LogP contribution in [-0.2, 0) is 10.2 Å². The van der Waals surface area contributed by atoms with Gasteiger partial charge in [-0.15, -0.1) is 9.73 Å². The average molecular weight is 432 g/mol. The Bertz CT molecular complexity index is 1090. The minimum absolute atomic E-state index is 0.135. The zero-order valence-electron chi connectivity index (χ0n) is 17.7. The predicted molar refractivity (Wildman–Crippen MR) is 117 cm³/mol. The van der Waals surface area contributed by atoms with Gasteiger partial charge in [-0.3, -0.25) is 4.79 Å². The van der Waals surface area contributed by atoms with Gasteiger partial charge >= 0.3 is 6.03 Å². The number of amides is 3. The standard InChI is InChI=1S/C20H26ClN7O2/c1-11-10-13(24-19(30)23-9-8-22-12(2)29)6-7-14(11)17-25-18-15(21)16(20(3,4)5)26-28(18)27-17/h6-7,10H,8-9H2,1-5H3,(H,22,29)(H,25,27)(H2,23,24,30). The average Bonchev–Trinajstić information content (AvgIpc) is 3.18. The van der Waals surface area contributed by atoms with E-state index < -0.39 is 0 Å². The maximum atomic E-state index is 12.0. The lowest BCUT2D eigenvalue weighted by Gasteiger charge is -2.14. The number of benzene rings is 1. The van der Waals surface area contributed by atoms with E-state index >= 15 is 0 Å². The number of urea groups is 1. The van der Waals surface area contributed by atoms with Gasteiger partial charge in [-0.1, -0.05) is 32.4 Å². The second-order valence-corrected chi connectivity index (χ2v) is 8.50. The van der Waals surface area contributed by atoms with Gasteiger partial charge in [0.05, 0.1) is 5.69 Å². The van der Waals surface area contributed by atoms with Crippen molar-refractivity contribution in [2.45, 2.75) is 40.0 Å². The van der Waals surface area contributed by atoms with Crippen LogP contribution in [0.4, 0.5) is 10.5 Å². The molecular formula is C20H26ClN7O2. The Labute approximate surface area is 179 Å². The summed E-state index contributed by atoms with van der Waals surface area (Å²) in [4.78, 5) is 26.0. The van der Waals surface area contributed by atoms with Crippen LogP contribution < -0.4 is 16.0 Å². The molecule has 2 aromatic heterocycles. The second-order valence-electron chi connectivity index (χ2n) is 8.12. The third kappa shape index (κ3) is 4.73. The van der Waals surface area contributed by atoms with E-state index in [0.717, 1.165) is 16.8 Å². The highest BCUT2D eigenvalue weighted by Gasteiger charge is 2.25. The summed E-state index contributed by atoms with van der Waals surface area (Å²) in [6.07, 6.45) is 0. The molecule has 1 aromatic carbocycles. The van der Waals surface area contributed by atoms with Crippen LogP contribution in [0.1, 0.15) is 39.0 Å². The number of carbonyl (C=O) groups excluding carboxylic acids is 2. The van der Waals surface area contributed by atoms with Crippen LogP contribution in [0.15, 0.2) is 18.2 Å². The molecule has 3 aromatic rings. The van der Waals surface area contributed by atoms with Crippen molar-refractivity contribution in [2.24, 2.45) is 0 Å². The second kappa shape index (κ2) is 8.35. The number of anilines is 1. The van der Waals surface area contributed by atoms with Crippen molar-refractivity contribution >= 4 is 34.9 Å². The van der Waals surface area contributed by atoms with Crippen LogP contribution in [0.25, 0.3) is 17.0 Å². The highest BCUT2D eigenvalue weighted by atomic mass is 35.5. The Morgan fingerprint density at radius 1 is 1.17 bits per heavy atom. The first-order valence-corrected chi connectivity index (χ1v) is 9.99. The number of carbonyl (C=O) groups is 2. The number of nitrogens with zero attached hydrogens (tertiary/aromatic N) is 3. The number of aromatic nitrogens is 4. The first-order chi connectivity index (χ1) is 14.1. The molecule has 9 nitrogen and oxygen atoms in total. The molecule has 10 heteroatoms. The minimum Gasteiger partial charge on any atom is -0.355 e. The highest BCUT2D eigenvalue weighted by molar-refractivity contribution is 6.34. The van der Waals surface area contributed by atoms with Crippen LogP contribution in [-0.4, -0.2) is 44.8 Å². The van der Waals surface area contributed by atoms with Gasteiger partial charge < -0.3 is 20.9 Å². The van der Waals surface area contributed by atoms with E-state index in [9.17, 15) is 9.59 Å². The summed E-state index contributed by atoms with van der Waals surface area (Å²) in [7, 11) is 0. The van der Waals surface area contributed by atoms with Crippen molar-refractivity contribution in [1.82, 2.24) is 30.4 Å². The van der Waals surface area contributed by atoms with Crippen molar-refractivity contribution in [3.63, 3.8) is 0 Å². The fraction of sp³-hybridized carbons (Fsp3) is 0.400. The third-order valence-corrected chi connectivity index (χ3v) is 4.83. The molecule has 0 fully saturated rings. The molecule has 3 rings (SSSR count). The Hall–Kier alpha value is -3.07. The molecule has 2 heterocycles. The van der Waals surface area contributed by atoms with Crippen molar-refractivity contribution in [1.29, 1.82) is 0 Å². The molecule has 0 aliphatic heterocycles. The van der Waals surface area contributed by atoms with E-state index in [1.54, 1.807) is 6.07 Å². The lowest BCUT2D eigenvalue weighted by molar-refractivity contribution is -0.118. The molecule has 0 spiro atoms. The molecule has 0 aliphatic rings. The van der Waals surface area contributed by atoms with Crippen molar-refractivity contribution < 1.29 is 9.59 Å². The molecule has 0 radical (unpaired) electrons. The Balaban J connectivity index is 1.72. The quantitative estimate of drug-likeness (QED) is 0.464. The van der Waals surface area contributed by atoms with E-state index in [4.69, 9.17) is 11.6 Å². The van der Waals surface area contributed by atoms with Crippen molar-refractivity contribution in [3.8, 4) is 11.4 Å². The highest BCUT2D eigenvalue weighted by Crippen LogP contribution is 2.32. The van der Waals surface area contributed by atoms with Gasteiger partial charge in [-0.05, 0) is 30.7 Å². The smallest absolute Gasteiger partial charge is 0.319 e. The fourth-order valence-electron chi connectivity index (χ4n) is 3.00. The number of H-pyrrole nitrogens is 1. The number of rotatable bonds is 5. The number of aromatic amines is 1. The number of hydrogen-bond donors (Lipinski definition) is 4. The number of nitrogens with one attached hydrogen (secondary N) is 4. The molecule has 0 aliphatic carbocycles. The van der Waals surface area contributed by atoms with E-state index in [1.165, 1.54) is 11.6 Å². The minimum atomic E-state index is -0.342. The van der Waals surface area contributed by atoms with E-state index in [2.05, 4.69) is 31.1 Å². The Morgan fingerprint density at radius 2 is 1.87 bits per heavy atom. The first-order valence-electron chi connectivity index (χ1n) is 9.61. The predicted octanol–water partition coefficient (Wildman–Crippen LogP) is 3.24. The molecule has 3 amide bonds. The number of aryl methyl sites for hydroxylation is 1. The maximum absolute atomic E-state index is 12.0. The van der Waals surface area contributed by atoms with Crippen LogP contribution in [0, 0.1) is 6.92 Å². The summed E-state index contributed by atoms with van der Waals surface area (Å²) in [5.41, 5.74) is 3.71. The molecule has 0 bridgehead atoms. The van der Waals surface area contributed by atoms with Crippen molar-refractivity contribution in [2.75, 3.05) is 18.4 Å². The molecular weight excluding hydrogens is 406 g/mol. The molecule has 30 heavy (non-hydrogen) atoms. The Kier molecular flexibility index (Phi) is 6.02. The molecule has 0 atom stereocenters. The SMILES string of the molecule is CC(=O)NCCNC(=O)Nc1ccc(-c2nn3nc(C(C)(C)C)c(Cl)c3[nH]2)c(C)c1. The van der Waals surface area contributed by atoms with Crippen molar-refractivity contribution in [3.05, 3.63) is 34.5 Å². The van der Waals surface area contributed by atoms with E-state index in [0.29, 0.717) is 35.3 Å². The zero-order valence-corrected chi connectivity index (χ0v) is 18.4. The van der Waals surface area contributed by atoms with E-state index in [-0.39, 0.29) is 17.4 Å². The summed E-state index contributed by atoms with van der Waals surface area (Å²) in [6.45, 7) is 10.2. The summed E-state index contributed by atoms with van der Waals surface area (Å²) in [5.74, 6) is 0.508. The van der Waals surface area contributed by atoms with Crippen LogP contribution in [0.3, 0.4) is 0 Å². The van der Waals surface area contributed by atoms with Gasteiger partial charge in [0, 0.05) is 36.7 Å². The summed E-state index contributed by atoms with van der Waals surface area (Å²) in [6, 6.07) is 5.18. The van der Waals surface area contributed by atoms with Gasteiger partial charge in [-0.25, -0.2) is 4.79 Å². The van der Waals surface area contributed by atoms with Gasteiger partial charge in [0.15, 0.2) is 11.5 Å². The fourth-order valence-corrected chi connectivity index (χ4v) is 3.44. The summed E-state index contributed by atoms with van der Waals surface area (Å²) in [5, 5.41) is 17.7. The summed E-state index contributed by atoms with van der Waals surface area (Å²) < 4.78 is 1.52. The molecule has 0 unspecified atom stereocenters. The van der Waals surface area contributed by atoms with Gasteiger partial charge in [0.25, 0.3) is 0 Å². The molecule has 0 saturated carbocycles. The molecule has 0 saturated heterocycles. The first kappa shape index (κ1) is 21.6. The number of fused-ring (bicyclic) bond motifs is 1. The number of halogens is 1. The number of hydrogen-bond acceptors (Lipinski definition) is 4. The monoisotopic (exact) mass is 431 g/mol. The molecule has 4 N–H and O–H groups in total. The summed E-state index contributed by atoms with van der Waals surface area (Å²) >= 11 is 6.50. The van der Waals surface area contributed by atoms with Crippen LogP contribution in [0.5, 0.6) is 0 Å². The zero-order chi connectivity index (χ0) is 22.1. The van der Waals surface area contributed by atoms with Crippen LogP contribution in [0.2, 0.25) is 5.02 Å². The van der Waals surface area contributed by atoms with Gasteiger partial charge in [-0.2, -0.15) is 5.10 Å². The lowest BCUT2D eigenvalue weighted by Crippen LogP contribution is -2.36. The topological polar surface area (TPSA) is 116 Å². The van der Waals surface area contributed by atoms with E-state index in [1.807, 2.05) is 39.8 Å². The molecule has 160 valence electrons. The van der Waals surface area contributed by atoms with Crippen LogP contribution >= 0.6 is 11.6 Å². The van der Waals surface area contributed by atoms with Gasteiger partial charge in [0.2, 0.25) is 5.91 Å². The maximum Gasteiger partial charge on any atom is 0.319 e. The van der Waals surface area contributed by atoms with Gasteiger partial charge in [0.1, 0.15) is 5.02 Å². The largest absolute Gasteiger partial charge is 0.355 e. The normalized spacial score (nSPS) is 11.5. The lowest BCUT2D eigenvalue weighted by atomic mass is 9.92.